The molecule has 130 valence electrons. The second kappa shape index (κ2) is 7.53. The molecule has 1 aliphatic heterocycles. The summed E-state index contributed by atoms with van der Waals surface area (Å²) in [5.41, 5.74) is -0.745. The molecule has 0 aromatic carbocycles. The van der Waals surface area contributed by atoms with Crippen LogP contribution < -0.4 is 0 Å². The van der Waals surface area contributed by atoms with Crippen LogP contribution in [0.15, 0.2) is 15.9 Å². The van der Waals surface area contributed by atoms with Crippen LogP contribution in [0.2, 0.25) is 0 Å². The number of piperidine rings is 1. The van der Waals surface area contributed by atoms with Crippen LogP contribution >= 0.6 is 27.3 Å². The molecule has 0 aliphatic carbocycles. The van der Waals surface area contributed by atoms with Gasteiger partial charge in [0.15, 0.2) is 0 Å². The number of halogens is 1. The standard InChI is InChI=1S/C17H26BrNO3S/c1-5-17(21-11-14-13(18)7-10-23-14)8-6-9-19(12-17)15(20)22-16(2,3)4/h7,10H,5-6,8-9,11-12H2,1-4H3. The Morgan fingerprint density at radius 2 is 2.22 bits per heavy atom. The second-order valence-corrected chi connectivity index (χ2v) is 8.88. The predicted octanol–water partition coefficient (Wildman–Crippen LogP) is 5.21. The molecule has 0 bridgehead atoms. The van der Waals surface area contributed by atoms with Gasteiger partial charge in [-0.1, -0.05) is 6.92 Å². The molecule has 1 aliphatic rings. The number of carbonyl (C=O) groups excluding carboxylic acids is 1. The highest BCUT2D eigenvalue weighted by Crippen LogP contribution is 2.32. The molecule has 1 unspecified atom stereocenters. The van der Waals surface area contributed by atoms with Crippen LogP contribution in [0.4, 0.5) is 4.79 Å². The van der Waals surface area contributed by atoms with Crippen LogP contribution in [0.5, 0.6) is 0 Å². The lowest BCUT2D eigenvalue weighted by Crippen LogP contribution is -2.52. The SMILES string of the molecule is CCC1(OCc2sccc2Br)CCCN(C(=O)OC(C)(C)C)C1. The first-order valence-corrected chi connectivity index (χ1v) is 9.76. The molecule has 1 fully saturated rings. The van der Waals surface area contributed by atoms with Crippen LogP contribution in [-0.2, 0) is 16.1 Å². The molecular formula is C17H26BrNO3S. The number of amides is 1. The van der Waals surface area contributed by atoms with Gasteiger partial charge in [-0.15, -0.1) is 11.3 Å². The van der Waals surface area contributed by atoms with E-state index in [2.05, 4.69) is 28.2 Å². The van der Waals surface area contributed by atoms with Gasteiger partial charge < -0.3 is 14.4 Å². The Morgan fingerprint density at radius 1 is 1.48 bits per heavy atom. The third-order valence-corrected chi connectivity index (χ3v) is 5.94. The van der Waals surface area contributed by atoms with Crippen LogP contribution in [-0.4, -0.2) is 35.3 Å². The molecule has 1 atom stereocenters. The molecule has 1 aromatic heterocycles. The van der Waals surface area contributed by atoms with E-state index in [-0.39, 0.29) is 11.7 Å². The molecule has 2 heterocycles. The molecular weight excluding hydrogens is 378 g/mol. The molecule has 23 heavy (non-hydrogen) atoms. The monoisotopic (exact) mass is 403 g/mol. The van der Waals surface area contributed by atoms with Crippen LogP contribution in [0.1, 0.15) is 51.8 Å². The minimum atomic E-state index is -0.466. The van der Waals surface area contributed by atoms with Crippen molar-refractivity contribution >= 4 is 33.4 Å². The van der Waals surface area contributed by atoms with Gasteiger partial charge in [0.1, 0.15) is 5.60 Å². The lowest BCUT2D eigenvalue weighted by Gasteiger charge is -2.42. The highest BCUT2D eigenvalue weighted by Gasteiger charge is 2.38. The maximum absolute atomic E-state index is 12.3. The summed E-state index contributed by atoms with van der Waals surface area (Å²) in [6, 6.07) is 2.04. The van der Waals surface area contributed by atoms with Gasteiger partial charge >= 0.3 is 6.09 Å². The van der Waals surface area contributed by atoms with E-state index in [1.165, 1.54) is 4.88 Å². The van der Waals surface area contributed by atoms with Crippen LogP contribution in [0.25, 0.3) is 0 Å². The first-order valence-electron chi connectivity index (χ1n) is 8.08. The quantitative estimate of drug-likeness (QED) is 0.692. The normalized spacial score (nSPS) is 22.2. The Hall–Kier alpha value is -0.590. The summed E-state index contributed by atoms with van der Waals surface area (Å²) in [6.45, 7) is 9.73. The topological polar surface area (TPSA) is 38.8 Å². The molecule has 6 heteroatoms. The highest BCUT2D eigenvalue weighted by atomic mass is 79.9. The average Bonchev–Trinajstić information content (AvgIpc) is 2.89. The van der Waals surface area contributed by atoms with E-state index in [0.29, 0.717) is 13.2 Å². The smallest absolute Gasteiger partial charge is 0.410 e. The fourth-order valence-corrected chi connectivity index (χ4v) is 4.11. The minimum Gasteiger partial charge on any atom is -0.444 e. The molecule has 2 rings (SSSR count). The van der Waals surface area contributed by atoms with Crippen molar-refractivity contribution < 1.29 is 14.3 Å². The Bertz CT molecular complexity index is 540. The zero-order valence-electron chi connectivity index (χ0n) is 14.4. The molecule has 0 N–H and O–H groups in total. The van der Waals surface area contributed by atoms with E-state index in [0.717, 1.165) is 30.3 Å². The number of likely N-dealkylation sites (tertiary alicyclic amines) is 1. The third-order valence-electron chi connectivity index (χ3n) is 4.04. The first-order chi connectivity index (χ1) is 10.7. The van der Waals surface area contributed by atoms with E-state index in [1.807, 2.05) is 26.8 Å². The van der Waals surface area contributed by atoms with Crippen molar-refractivity contribution in [1.29, 1.82) is 0 Å². The van der Waals surface area contributed by atoms with E-state index in [4.69, 9.17) is 9.47 Å². The fourth-order valence-electron chi connectivity index (χ4n) is 2.74. The number of rotatable bonds is 4. The summed E-state index contributed by atoms with van der Waals surface area (Å²) in [5.74, 6) is 0. The van der Waals surface area contributed by atoms with Crippen molar-refractivity contribution in [1.82, 2.24) is 4.90 Å². The van der Waals surface area contributed by atoms with E-state index >= 15 is 0 Å². The Balaban J connectivity index is 2.00. The van der Waals surface area contributed by atoms with Gasteiger partial charge in [-0.25, -0.2) is 4.79 Å². The van der Waals surface area contributed by atoms with Crippen LogP contribution in [0, 0.1) is 0 Å². The summed E-state index contributed by atoms with van der Waals surface area (Å²) in [7, 11) is 0. The molecule has 0 saturated carbocycles. The molecule has 1 aromatic rings. The zero-order valence-corrected chi connectivity index (χ0v) is 16.8. The predicted molar refractivity (Wildman–Crippen MR) is 96.9 cm³/mol. The lowest BCUT2D eigenvalue weighted by molar-refractivity contribution is -0.101. The minimum absolute atomic E-state index is 0.240. The van der Waals surface area contributed by atoms with Crippen molar-refractivity contribution in [2.75, 3.05) is 13.1 Å². The van der Waals surface area contributed by atoms with E-state index in [1.54, 1.807) is 16.2 Å². The lowest BCUT2D eigenvalue weighted by atomic mass is 9.90. The second-order valence-electron chi connectivity index (χ2n) is 7.02. The van der Waals surface area contributed by atoms with Gasteiger partial charge in [0.25, 0.3) is 0 Å². The number of thiophene rings is 1. The third kappa shape index (κ3) is 5.19. The summed E-state index contributed by atoms with van der Waals surface area (Å²) in [4.78, 5) is 15.3. The van der Waals surface area contributed by atoms with Gasteiger partial charge in [-0.3, -0.25) is 0 Å². The van der Waals surface area contributed by atoms with Gasteiger partial charge in [-0.05, 0) is 67.4 Å². The first kappa shape index (κ1) is 18.7. The summed E-state index contributed by atoms with van der Waals surface area (Å²) >= 11 is 5.23. The molecule has 4 nitrogen and oxygen atoms in total. The zero-order chi connectivity index (χ0) is 17.1. The number of nitrogens with zero attached hydrogens (tertiary/aromatic N) is 1. The van der Waals surface area contributed by atoms with Gasteiger partial charge in [0.05, 0.1) is 18.8 Å². The number of hydrogen-bond donors (Lipinski definition) is 0. The molecule has 0 spiro atoms. The van der Waals surface area contributed by atoms with Crippen molar-refractivity contribution in [3.63, 3.8) is 0 Å². The van der Waals surface area contributed by atoms with Crippen molar-refractivity contribution in [2.45, 2.75) is 64.8 Å². The van der Waals surface area contributed by atoms with Crippen molar-refractivity contribution in [3.05, 3.63) is 20.8 Å². The maximum atomic E-state index is 12.3. The van der Waals surface area contributed by atoms with E-state index < -0.39 is 5.60 Å². The van der Waals surface area contributed by atoms with E-state index in [9.17, 15) is 4.79 Å². The largest absolute Gasteiger partial charge is 0.444 e. The summed E-state index contributed by atoms with van der Waals surface area (Å²) in [5, 5.41) is 2.05. The summed E-state index contributed by atoms with van der Waals surface area (Å²) < 4.78 is 12.9. The Morgan fingerprint density at radius 3 is 2.78 bits per heavy atom. The van der Waals surface area contributed by atoms with Crippen molar-refractivity contribution in [3.8, 4) is 0 Å². The Kier molecular flexibility index (Phi) is 6.14. The number of ether oxygens (including phenoxy) is 2. The fraction of sp³-hybridized carbons (Fsp3) is 0.706. The molecule has 0 radical (unpaired) electrons. The average molecular weight is 404 g/mol. The molecule has 1 saturated heterocycles. The van der Waals surface area contributed by atoms with Gasteiger partial charge in [-0.2, -0.15) is 0 Å². The van der Waals surface area contributed by atoms with Gasteiger partial charge in [0, 0.05) is 15.9 Å². The maximum Gasteiger partial charge on any atom is 0.410 e. The van der Waals surface area contributed by atoms with Crippen LogP contribution in [0.3, 0.4) is 0 Å². The number of carbonyl (C=O) groups is 1. The van der Waals surface area contributed by atoms with Gasteiger partial charge in [0.2, 0.25) is 0 Å². The summed E-state index contributed by atoms with van der Waals surface area (Å²) in [6.07, 6.45) is 2.57. The van der Waals surface area contributed by atoms with Crippen molar-refractivity contribution in [2.24, 2.45) is 0 Å². The molecule has 1 amide bonds. The Labute approximate surface area is 151 Å². The number of hydrogen-bond acceptors (Lipinski definition) is 4. The highest BCUT2D eigenvalue weighted by molar-refractivity contribution is 9.10.